The first-order valence-corrected chi connectivity index (χ1v) is 4.71. The summed E-state index contributed by atoms with van der Waals surface area (Å²) in [7, 11) is 0. The molecule has 68 valence electrons. The molecule has 0 aromatic rings. The molecule has 0 aliphatic carbocycles. The molecule has 0 aromatic carbocycles. The van der Waals surface area contributed by atoms with Crippen LogP contribution < -0.4 is 0 Å². The van der Waals surface area contributed by atoms with Gasteiger partial charge in [-0.25, -0.2) is 0 Å². The van der Waals surface area contributed by atoms with Gasteiger partial charge in [0, 0.05) is 31.7 Å². The van der Waals surface area contributed by atoms with E-state index >= 15 is 0 Å². The molecule has 0 N–H and O–H groups in total. The fraction of sp³-hybridized carbons (Fsp3) is 0.875. The molecule has 12 heavy (non-hydrogen) atoms. The molecule has 0 bridgehead atoms. The Kier molecular flexibility index (Phi) is 14.2. The van der Waals surface area contributed by atoms with Gasteiger partial charge in [0.05, 0.1) is 0 Å². The largest absolute Gasteiger partial charge is 0.465 e. The zero-order valence-electron chi connectivity index (χ0n) is 7.71. The van der Waals surface area contributed by atoms with Crippen LogP contribution >= 0.6 is 12.6 Å². The number of hydrogen-bond acceptors (Lipinski definition) is 3. The Labute approximate surface area is 92.6 Å². The first-order chi connectivity index (χ1) is 5.31. The molecule has 0 aliphatic heterocycles. The Morgan fingerprint density at radius 1 is 1.42 bits per heavy atom. The molecule has 0 spiro atoms. The third-order valence-corrected chi connectivity index (χ3v) is 1.52. The van der Waals surface area contributed by atoms with Gasteiger partial charge >= 0.3 is 5.97 Å². The number of hydrogen-bond donors (Lipinski definition) is 1. The minimum atomic E-state index is -0.0903. The van der Waals surface area contributed by atoms with E-state index in [2.05, 4.69) is 19.6 Å². The van der Waals surface area contributed by atoms with Gasteiger partial charge in [-0.15, -0.1) is 0 Å². The number of carbonyl (C=O) groups is 1. The third kappa shape index (κ3) is 10.4. The van der Waals surface area contributed by atoms with Gasteiger partial charge in [-0.05, 0) is 6.42 Å². The van der Waals surface area contributed by atoms with E-state index in [-0.39, 0.29) is 25.4 Å². The minimum Gasteiger partial charge on any atom is -0.465 e. The molecule has 0 radical (unpaired) electrons. The van der Waals surface area contributed by atoms with Gasteiger partial charge in [0.15, 0.2) is 0 Å². The van der Waals surface area contributed by atoms with Crippen molar-refractivity contribution in [2.45, 2.75) is 32.6 Å². The summed E-state index contributed by atoms with van der Waals surface area (Å²) >= 11 is 3.93. The Balaban J connectivity index is 0. The zero-order chi connectivity index (χ0) is 8.53. The second kappa shape index (κ2) is 11.4. The molecule has 0 saturated heterocycles. The number of esters is 1. The van der Waals surface area contributed by atoms with E-state index in [0.29, 0.717) is 18.8 Å². The minimum absolute atomic E-state index is 0. The van der Waals surface area contributed by atoms with Crippen molar-refractivity contribution >= 4 is 18.6 Å². The van der Waals surface area contributed by atoms with E-state index in [1.165, 1.54) is 0 Å². The van der Waals surface area contributed by atoms with Crippen LogP contribution in [-0.4, -0.2) is 18.3 Å². The van der Waals surface area contributed by atoms with Gasteiger partial charge in [-0.1, -0.05) is 19.8 Å². The van der Waals surface area contributed by atoms with Gasteiger partial charge in [0.2, 0.25) is 0 Å². The Morgan fingerprint density at radius 3 is 2.58 bits per heavy atom. The van der Waals surface area contributed by atoms with Crippen molar-refractivity contribution in [3.63, 3.8) is 0 Å². The van der Waals surface area contributed by atoms with E-state index in [9.17, 15) is 4.79 Å². The maximum atomic E-state index is 10.8. The molecule has 0 fully saturated rings. The van der Waals surface area contributed by atoms with Crippen LogP contribution in [0.1, 0.15) is 32.6 Å². The molecule has 0 atom stereocenters. The average molecular weight is 242 g/mol. The normalized spacial score (nSPS) is 8.83. The topological polar surface area (TPSA) is 26.3 Å². The molecule has 0 saturated carbocycles. The van der Waals surface area contributed by atoms with Gasteiger partial charge in [0.1, 0.15) is 6.61 Å². The fourth-order valence-electron chi connectivity index (χ4n) is 0.751. The van der Waals surface area contributed by atoms with Crippen molar-refractivity contribution in [3.8, 4) is 0 Å². The quantitative estimate of drug-likeness (QED) is 0.333. The van der Waals surface area contributed by atoms with Crippen LogP contribution in [0.3, 0.4) is 0 Å². The number of thiol groups is 1. The van der Waals surface area contributed by atoms with Gasteiger partial charge in [0.25, 0.3) is 0 Å². The van der Waals surface area contributed by atoms with Crippen LogP contribution in [0.5, 0.6) is 0 Å². The van der Waals surface area contributed by atoms with Crippen LogP contribution in [0.25, 0.3) is 0 Å². The Hall–Kier alpha value is 0.443. The predicted molar refractivity (Wildman–Crippen MR) is 49.0 cm³/mol. The maximum Gasteiger partial charge on any atom is 0.305 e. The molecule has 0 unspecified atom stereocenters. The number of rotatable bonds is 6. The maximum absolute atomic E-state index is 10.8. The molecular formula is C8H16O2SZn. The Morgan fingerprint density at radius 2 is 2.08 bits per heavy atom. The average Bonchev–Trinajstić information content (AvgIpc) is 2.01. The summed E-state index contributed by atoms with van der Waals surface area (Å²) in [6.07, 6.45) is 3.75. The van der Waals surface area contributed by atoms with Gasteiger partial charge < -0.3 is 4.74 Å². The van der Waals surface area contributed by atoms with Gasteiger partial charge in [-0.2, -0.15) is 12.6 Å². The van der Waals surface area contributed by atoms with Crippen LogP contribution in [0.2, 0.25) is 0 Å². The predicted octanol–water partition coefficient (Wildman–Crippen LogP) is 2.04. The van der Waals surface area contributed by atoms with Crippen molar-refractivity contribution in [1.29, 1.82) is 0 Å². The van der Waals surface area contributed by atoms with E-state index in [4.69, 9.17) is 4.74 Å². The van der Waals surface area contributed by atoms with Crippen LogP contribution in [0.15, 0.2) is 0 Å². The van der Waals surface area contributed by atoms with Crippen LogP contribution in [-0.2, 0) is 29.0 Å². The first-order valence-electron chi connectivity index (χ1n) is 4.07. The molecule has 0 amide bonds. The number of ether oxygens (including phenoxy) is 1. The van der Waals surface area contributed by atoms with E-state index in [1.807, 2.05) is 0 Å². The number of unbranched alkanes of at least 4 members (excludes halogenated alkanes) is 2. The summed E-state index contributed by atoms with van der Waals surface area (Å²) in [5, 5.41) is 0. The SMILES string of the molecule is CCCCCC(=O)OCCS.[Zn]. The van der Waals surface area contributed by atoms with E-state index < -0.39 is 0 Å². The summed E-state index contributed by atoms with van der Waals surface area (Å²) in [6.45, 7) is 2.55. The molecule has 0 aromatic heterocycles. The molecule has 4 heteroatoms. The fourth-order valence-corrected chi connectivity index (χ4v) is 0.842. The molecule has 0 aliphatic rings. The monoisotopic (exact) mass is 240 g/mol. The van der Waals surface area contributed by atoms with Crippen LogP contribution in [0, 0.1) is 0 Å². The Bertz CT molecular complexity index is 109. The van der Waals surface area contributed by atoms with Crippen molar-refractivity contribution < 1.29 is 29.0 Å². The van der Waals surface area contributed by atoms with E-state index in [1.54, 1.807) is 0 Å². The summed E-state index contributed by atoms with van der Waals surface area (Å²) < 4.78 is 4.82. The third-order valence-electron chi connectivity index (χ3n) is 1.34. The van der Waals surface area contributed by atoms with Crippen molar-refractivity contribution in [1.82, 2.24) is 0 Å². The summed E-state index contributed by atoms with van der Waals surface area (Å²) in [5.41, 5.74) is 0. The summed E-state index contributed by atoms with van der Waals surface area (Å²) in [4.78, 5) is 10.8. The number of carbonyl (C=O) groups excluding carboxylic acids is 1. The van der Waals surface area contributed by atoms with Gasteiger partial charge in [-0.3, -0.25) is 4.79 Å². The second-order valence-electron chi connectivity index (χ2n) is 2.40. The van der Waals surface area contributed by atoms with Crippen molar-refractivity contribution in [2.24, 2.45) is 0 Å². The van der Waals surface area contributed by atoms with Crippen molar-refractivity contribution in [2.75, 3.05) is 12.4 Å². The molecular weight excluding hydrogens is 226 g/mol. The van der Waals surface area contributed by atoms with Crippen LogP contribution in [0.4, 0.5) is 0 Å². The first kappa shape index (κ1) is 14.9. The molecule has 0 rings (SSSR count). The van der Waals surface area contributed by atoms with Crippen molar-refractivity contribution in [3.05, 3.63) is 0 Å². The second-order valence-corrected chi connectivity index (χ2v) is 2.85. The molecule has 0 heterocycles. The molecule has 2 nitrogen and oxygen atoms in total. The smallest absolute Gasteiger partial charge is 0.305 e. The summed E-state index contributed by atoms with van der Waals surface area (Å²) in [6, 6.07) is 0. The summed E-state index contributed by atoms with van der Waals surface area (Å²) in [5.74, 6) is 0.520. The van der Waals surface area contributed by atoms with E-state index in [0.717, 1.165) is 19.3 Å². The zero-order valence-corrected chi connectivity index (χ0v) is 11.6. The standard InChI is InChI=1S/C8H16O2S.Zn/c1-2-3-4-5-8(9)10-6-7-11;/h11H,2-7H2,1H3;.